The van der Waals surface area contributed by atoms with Gasteiger partial charge in [0.25, 0.3) is 5.91 Å². The van der Waals surface area contributed by atoms with E-state index in [1.165, 1.54) is 12.1 Å². The van der Waals surface area contributed by atoms with E-state index in [2.05, 4.69) is 20.6 Å². The largest absolute Gasteiger partial charge is 0.390 e. The molecule has 1 heterocycles. The first-order valence-corrected chi connectivity index (χ1v) is 9.35. The number of carbonyl (C=O) groups is 1. The second-order valence-electron chi connectivity index (χ2n) is 7.12. The number of halogens is 1. The molecule has 1 aliphatic carbocycles. The molecule has 0 spiro atoms. The lowest BCUT2D eigenvalue weighted by Gasteiger charge is -2.18. The second-order valence-corrected chi connectivity index (χ2v) is 7.12. The first kappa shape index (κ1) is 19.0. The van der Waals surface area contributed by atoms with Crippen molar-refractivity contribution in [2.45, 2.75) is 25.5 Å². The fourth-order valence-corrected chi connectivity index (χ4v) is 3.65. The highest BCUT2D eigenvalue weighted by atomic mass is 19.1. The molecule has 0 saturated heterocycles. The molecule has 3 aromatic rings. The monoisotopic (exact) mass is 392 g/mol. The maximum Gasteiger partial charge on any atom is 0.251 e. The summed E-state index contributed by atoms with van der Waals surface area (Å²) >= 11 is 0. The summed E-state index contributed by atoms with van der Waals surface area (Å²) in [4.78, 5) is 21.5. The van der Waals surface area contributed by atoms with Gasteiger partial charge in [-0.25, -0.2) is 14.4 Å². The number of aliphatic hydroxyl groups is 1. The fourth-order valence-electron chi connectivity index (χ4n) is 3.65. The molecular weight excluding hydrogens is 371 g/mol. The lowest BCUT2D eigenvalue weighted by atomic mass is 10.1. The van der Waals surface area contributed by atoms with Crippen LogP contribution >= 0.6 is 0 Å². The molecule has 1 aromatic heterocycles. The van der Waals surface area contributed by atoms with Crippen molar-refractivity contribution in [3.05, 3.63) is 76.7 Å². The van der Waals surface area contributed by atoms with E-state index in [1.54, 1.807) is 19.2 Å². The minimum absolute atomic E-state index is 0.146. The Bertz CT molecular complexity index is 1090. The zero-order valence-electron chi connectivity index (χ0n) is 16.1. The van der Waals surface area contributed by atoms with Gasteiger partial charge in [0.05, 0.1) is 12.1 Å². The van der Waals surface area contributed by atoms with E-state index in [1.807, 2.05) is 31.2 Å². The number of fused-ring (bicyclic) bond motifs is 1. The lowest BCUT2D eigenvalue weighted by molar-refractivity contribution is 0.0858. The molecule has 0 unspecified atom stereocenters. The summed E-state index contributed by atoms with van der Waals surface area (Å²) in [5.74, 6) is -0.0910. The van der Waals surface area contributed by atoms with E-state index in [4.69, 9.17) is 0 Å². The third kappa shape index (κ3) is 3.82. The third-order valence-corrected chi connectivity index (χ3v) is 5.02. The van der Waals surface area contributed by atoms with Crippen LogP contribution in [-0.4, -0.2) is 34.1 Å². The molecule has 29 heavy (non-hydrogen) atoms. The Kier molecular flexibility index (Phi) is 4.98. The quantitative estimate of drug-likeness (QED) is 0.635. The average molecular weight is 392 g/mol. The van der Waals surface area contributed by atoms with Crippen molar-refractivity contribution in [1.29, 1.82) is 0 Å². The van der Waals surface area contributed by atoms with Crippen LogP contribution in [0, 0.1) is 12.7 Å². The average Bonchev–Trinajstić information content (AvgIpc) is 3.02. The molecule has 1 amide bonds. The summed E-state index contributed by atoms with van der Waals surface area (Å²) in [6.45, 7) is 1.82. The van der Waals surface area contributed by atoms with E-state index in [-0.39, 0.29) is 5.56 Å². The van der Waals surface area contributed by atoms with Crippen molar-refractivity contribution < 1.29 is 14.3 Å². The van der Waals surface area contributed by atoms with Crippen molar-refractivity contribution in [2.24, 2.45) is 0 Å². The zero-order valence-corrected chi connectivity index (χ0v) is 16.1. The molecule has 3 N–H and O–H groups in total. The first-order valence-electron chi connectivity index (χ1n) is 9.35. The van der Waals surface area contributed by atoms with E-state index in [0.29, 0.717) is 23.6 Å². The smallest absolute Gasteiger partial charge is 0.251 e. The number of nitrogens with zero attached hydrogens (tertiary/aromatic N) is 2. The highest BCUT2D eigenvalue weighted by molar-refractivity contribution is 5.95. The molecule has 0 fully saturated rings. The Hall–Kier alpha value is -3.32. The van der Waals surface area contributed by atoms with Crippen LogP contribution < -0.4 is 10.6 Å². The van der Waals surface area contributed by atoms with Crippen LogP contribution in [0.3, 0.4) is 0 Å². The normalized spacial score (nSPS) is 17.7. The molecule has 0 bridgehead atoms. The van der Waals surface area contributed by atoms with Crippen molar-refractivity contribution in [2.75, 3.05) is 12.4 Å². The molecule has 2 aromatic carbocycles. The second kappa shape index (κ2) is 7.60. The van der Waals surface area contributed by atoms with Crippen molar-refractivity contribution >= 4 is 11.7 Å². The number of nitrogens with one attached hydrogen (secondary N) is 2. The van der Waals surface area contributed by atoms with Crippen LogP contribution in [0.5, 0.6) is 0 Å². The van der Waals surface area contributed by atoms with Crippen molar-refractivity contribution in [3.63, 3.8) is 0 Å². The Balaban J connectivity index is 1.64. The Labute approximate surface area is 167 Å². The summed E-state index contributed by atoms with van der Waals surface area (Å²) in [5, 5.41) is 16.1. The predicted octanol–water partition coefficient (Wildman–Crippen LogP) is 3.02. The number of benzene rings is 2. The minimum Gasteiger partial charge on any atom is -0.390 e. The SMILES string of the molecule is CNc1cc(C)nc(-c2cc(F)cc(C(=O)N[C@@H]3c4ccccc4C[C@@H]3O)c2)n1. The standard InChI is InChI=1S/C22H21FN4O2/c1-12-7-19(24-2)26-21(25-12)14-8-15(10-16(23)9-14)22(29)27-20-17-6-4-3-5-13(17)11-18(20)28/h3-10,18,20,28H,11H2,1-2H3,(H,27,29)(H,24,25,26)/t18-,20+/m0/s1. The maximum atomic E-state index is 14.3. The van der Waals surface area contributed by atoms with Gasteiger partial charge in [-0.05, 0) is 36.2 Å². The number of aryl methyl sites for hydroxylation is 1. The van der Waals surface area contributed by atoms with Crippen LogP contribution in [0.2, 0.25) is 0 Å². The van der Waals surface area contributed by atoms with Gasteiger partial charge < -0.3 is 15.7 Å². The zero-order chi connectivity index (χ0) is 20.5. The molecule has 7 heteroatoms. The molecule has 148 valence electrons. The number of amides is 1. The number of anilines is 1. The van der Waals surface area contributed by atoms with Crippen molar-refractivity contribution in [1.82, 2.24) is 15.3 Å². The molecule has 0 aliphatic heterocycles. The highest BCUT2D eigenvalue weighted by Gasteiger charge is 2.32. The molecule has 1 aliphatic rings. The predicted molar refractivity (Wildman–Crippen MR) is 108 cm³/mol. The Morgan fingerprint density at radius 2 is 1.97 bits per heavy atom. The number of aliphatic hydroxyl groups excluding tert-OH is 1. The molecular formula is C22H21FN4O2. The van der Waals surface area contributed by atoms with Crippen LogP contribution in [0.1, 0.15) is 33.2 Å². The molecule has 2 atom stereocenters. The number of hydrogen-bond donors (Lipinski definition) is 3. The Morgan fingerprint density at radius 3 is 2.76 bits per heavy atom. The topological polar surface area (TPSA) is 87.1 Å². The molecule has 6 nitrogen and oxygen atoms in total. The first-order chi connectivity index (χ1) is 13.9. The Morgan fingerprint density at radius 1 is 1.17 bits per heavy atom. The molecule has 0 saturated carbocycles. The number of aromatic nitrogens is 2. The number of rotatable bonds is 4. The van der Waals surface area contributed by atoms with Crippen molar-refractivity contribution in [3.8, 4) is 11.4 Å². The molecule has 0 radical (unpaired) electrons. The van der Waals surface area contributed by atoms with Gasteiger partial charge in [0.1, 0.15) is 11.6 Å². The molecule has 4 rings (SSSR count). The van der Waals surface area contributed by atoms with Crippen LogP contribution in [0.25, 0.3) is 11.4 Å². The van der Waals surface area contributed by atoms with E-state index in [0.717, 1.165) is 16.8 Å². The fraction of sp³-hybridized carbons (Fsp3) is 0.227. The summed E-state index contributed by atoms with van der Waals surface area (Å²) in [6.07, 6.45) is -0.248. The lowest BCUT2D eigenvalue weighted by Crippen LogP contribution is -2.33. The van der Waals surface area contributed by atoms with Crippen LogP contribution in [0.15, 0.2) is 48.5 Å². The van der Waals surface area contributed by atoms with Gasteiger partial charge >= 0.3 is 0 Å². The summed E-state index contributed by atoms with van der Waals surface area (Å²) in [5.41, 5.74) is 3.15. The van der Waals surface area contributed by atoms with E-state index >= 15 is 0 Å². The third-order valence-electron chi connectivity index (χ3n) is 5.02. The van der Waals surface area contributed by atoms with Gasteiger partial charge in [-0.1, -0.05) is 24.3 Å². The summed E-state index contributed by atoms with van der Waals surface area (Å²) < 4.78 is 14.3. The number of hydrogen-bond acceptors (Lipinski definition) is 5. The minimum atomic E-state index is -0.720. The highest BCUT2D eigenvalue weighted by Crippen LogP contribution is 2.31. The van der Waals surface area contributed by atoms with Gasteiger partial charge in [-0.15, -0.1) is 0 Å². The van der Waals surface area contributed by atoms with E-state index in [9.17, 15) is 14.3 Å². The number of carbonyl (C=O) groups excluding carboxylic acids is 1. The van der Waals surface area contributed by atoms with Crippen LogP contribution in [0.4, 0.5) is 10.2 Å². The van der Waals surface area contributed by atoms with E-state index < -0.39 is 23.9 Å². The van der Waals surface area contributed by atoms with Gasteiger partial charge in [0.15, 0.2) is 5.82 Å². The van der Waals surface area contributed by atoms with Gasteiger partial charge in [-0.3, -0.25) is 4.79 Å². The summed E-state index contributed by atoms with van der Waals surface area (Å²) in [7, 11) is 1.74. The summed E-state index contributed by atoms with van der Waals surface area (Å²) in [6, 6.07) is 12.8. The maximum absolute atomic E-state index is 14.3. The van der Waals surface area contributed by atoms with Crippen LogP contribution in [-0.2, 0) is 6.42 Å². The van der Waals surface area contributed by atoms with Gasteiger partial charge in [0.2, 0.25) is 0 Å². The van der Waals surface area contributed by atoms with Gasteiger partial charge in [0, 0.05) is 36.4 Å². The van der Waals surface area contributed by atoms with Gasteiger partial charge in [-0.2, -0.15) is 0 Å².